The molecule has 1 N–H and O–H groups in total. The van der Waals surface area contributed by atoms with E-state index in [4.69, 9.17) is 9.52 Å². The zero-order valence-corrected chi connectivity index (χ0v) is 13.7. The standard InChI is InChI=1S/C18H23NO5/c20-16(21)12-6-4-2-1-3-5-9-13-19-17(22)14-10-7-8-11-15(14)24-18(19)23/h7-8,10-11H,1-6,9,12-13H2,(H,20,21). The Morgan fingerprint density at radius 3 is 2.29 bits per heavy atom. The van der Waals surface area contributed by atoms with Crippen molar-refractivity contribution in [3.05, 3.63) is 45.2 Å². The molecule has 24 heavy (non-hydrogen) atoms. The molecule has 0 saturated heterocycles. The lowest BCUT2D eigenvalue weighted by molar-refractivity contribution is -0.137. The SMILES string of the molecule is O=C(O)CCCCCCCCCn1c(=O)oc2ccccc2c1=O. The van der Waals surface area contributed by atoms with E-state index in [-0.39, 0.29) is 12.0 Å². The maximum absolute atomic E-state index is 12.3. The second-order valence-electron chi connectivity index (χ2n) is 5.94. The van der Waals surface area contributed by atoms with E-state index in [1.165, 1.54) is 0 Å². The highest BCUT2D eigenvalue weighted by atomic mass is 16.4. The Hall–Kier alpha value is -2.37. The van der Waals surface area contributed by atoms with Crippen molar-refractivity contribution in [3.8, 4) is 0 Å². The van der Waals surface area contributed by atoms with Gasteiger partial charge in [-0.1, -0.05) is 44.2 Å². The summed E-state index contributed by atoms with van der Waals surface area (Å²) in [5, 5.41) is 8.97. The van der Waals surface area contributed by atoms with Crippen LogP contribution >= 0.6 is 0 Å². The van der Waals surface area contributed by atoms with Gasteiger partial charge in [0.15, 0.2) is 0 Å². The third-order valence-electron chi connectivity index (χ3n) is 4.05. The van der Waals surface area contributed by atoms with Crippen LogP contribution in [-0.2, 0) is 11.3 Å². The lowest BCUT2D eigenvalue weighted by Gasteiger charge is -2.05. The van der Waals surface area contributed by atoms with Crippen LogP contribution in [0.5, 0.6) is 0 Å². The van der Waals surface area contributed by atoms with Crippen LogP contribution in [0.3, 0.4) is 0 Å². The fourth-order valence-corrected chi connectivity index (χ4v) is 2.73. The molecule has 0 amide bonds. The Morgan fingerprint density at radius 2 is 1.58 bits per heavy atom. The van der Waals surface area contributed by atoms with Gasteiger partial charge in [-0.2, -0.15) is 0 Å². The van der Waals surface area contributed by atoms with Gasteiger partial charge < -0.3 is 9.52 Å². The van der Waals surface area contributed by atoms with E-state index in [1.54, 1.807) is 24.3 Å². The van der Waals surface area contributed by atoms with Crippen LogP contribution in [0.4, 0.5) is 0 Å². The first-order valence-electron chi connectivity index (χ1n) is 8.44. The number of para-hydroxylation sites is 1. The quantitative estimate of drug-likeness (QED) is 0.675. The van der Waals surface area contributed by atoms with Crippen LogP contribution in [0.25, 0.3) is 11.0 Å². The van der Waals surface area contributed by atoms with E-state index < -0.39 is 11.7 Å². The first-order valence-corrected chi connectivity index (χ1v) is 8.44. The third-order valence-corrected chi connectivity index (χ3v) is 4.05. The average Bonchev–Trinajstić information content (AvgIpc) is 2.55. The normalized spacial score (nSPS) is 11.0. The van der Waals surface area contributed by atoms with E-state index in [9.17, 15) is 14.4 Å². The summed E-state index contributed by atoms with van der Waals surface area (Å²) >= 11 is 0. The summed E-state index contributed by atoms with van der Waals surface area (Å²) in [6.07, 6.45) is 6.65. The summed E-state index contributed by atoms with van der Waals surface area (Å²) < 4.78 is 6.34. The molecular formula is C18H23NO5. The lowest BCUT2D eigenvalue weighted by atomic mass is 10.1. The molecule has 0 spiro atoms. The Labute approximate surface area is 139 Å². The molecule has 1 aromatic heterocycles. The number of carboxylic acids is 1. The molecule has 0 aliphatic heterocycles. The molecule has 0 saturated carbocycles. The first-order chi connectivity index (χ1) is 11.6. The van der Waals surface area contributed by atoms with E-state index in [2.05, 4.69) is 0 Å². The monoisotopic (exact) mass is 333 g/mol. The fourth-order valence-electron chi connectivity index (χ4n) is 2.73. The van der Waals surface area contributed by atoms with Gasteiger partial charge in [0.2, 0.25) is 0 Å². The van der Waals surface area contributed by atoms with Gasteiger partial charge in [0.05, 0.1) is 5.39 Å². The summed E-state index contributed by atoms with van der Waals surface area (Å²) in [5.74, 6) is -1.35. The molecule has 2 aromatic rings. The van der Waals surface area contributed by atoms with Crippen molar-refractivity contribution in [2.24, 2.45) is 0 Å². The largest absolute Gasteiger partial charge is 0.481 e. The Kier molecular flexibility index (Phi) is 6.78. The van der Waals surface area contributed by atoms with Crippen molar-refractivity contribution in [1.82, 2.24) is 4.57 Å². The minimum atomic E-state index is -0.741. The molecule has 0 bridgehead atoms. The van der Waals surface area contributed by atoms with Gasteiger partial charge in [-0.25, -0.2) is 9.36 Å². The number of aliphatic carboxylic acids is 1. The van der Waals surface area contributed by atoms with Gasteiger partial charge in [0.25, 0.3) is 5.56 Å². The van der Waals surface area contributed by atoms with Crippen molar-refractivity contribution < 1.29 is 14.3 Å². The van der Waals surface area contributed by atoms with Crippen LogP contribution in [-0.4, -0.2) is 15.6 Å². The molecule has 2 rings (SSSR count). The third kappa shape index (κ3) is 5.08. The topological polar surface area (TPSA) is 89.5 Å². The molecule has 0 fully saturated rings. The number of carbonyl (C=O) groups is 1. The molecule has 0 aliphatic rings. The number of fused-ring (bicyclic) bond motifs is 1. The number of nitrogens with zero attached hydrogens (tertiary/aromatic N) is 1. The average molecular weight is 333 g/mol. The minimum absolute atomic E-state index is 0.237. The molecule has 0 radical (unpaired) electrons. The van der Waals surface area contributed by atoms with Gasteiger partial charge in [0, 0.05) is 13.0 Å². The van der Waals surface area contributed by atoms with Crippen molar-refractivity contribution in [2.45, 2.75) is 57.9 Å². The highest BCUT2D eigenvalue weighted by molar-refractivity contribution is 5.74. The number of rotatable bonds is 10. The summed E-state index contributed by atoms with van der Waals surface area (Å²) in [7, 11) is 0. The number of unbranched alkanes of at least 4 members (excludes halogenated alkanes) is 6. The summed E-state index contributed by atoms with van der Waals surface area (Å²) in [6, 6.07) is 6.75. The van der Waals surface area contributed by atoms with E-state index in [0.717, 1.165) is 49.5 Å². The predicted octanol–water partition coefficient (Wildman–Crippen LogP) is 3.16. The highest BCUT2D eigenvalue weighted by Gasteiger charge is 2.08. The number of hydrogen-bond donors (Lipinski definition) is 1. The van der Waals surface area contributed by atoms with Crippen molar-refractivity contribution in [2.75, 3.05) is 0 Å². The Morgan fingerprint density at radius 1 is 0.958 bits per heavy atom. The molecule has 1 aromatic carbocycles. The molecule has 1 heterocycles. The zero-order chi connectivity index (χ0) is 17.4. The molecule has 0 aliphatic carbocycles. The first kappa shape index (κ1) is 18.0. The van der Waals surface area contributed by atoms with Crippen molar-refractivity contribution in [3.63, 3.8) is 0 Å². The molecule has 0 atom stereocenters. The van der Waals surface area contributed by atoms with Gasteiger partial charge in [-0.05, 0) is 25.0 Å². The molecule has 6 nitrogen and oxygen atoms in total. The Bertz CT molecular complexity index is 790. The van der Waals surface area contributed by atoms with Crippen molar-refractivity contribution >= 4 is 16.9 Å². The van der Waals surface area contributed by atoms with Crippen molar-refractivity contribution in [1.29, 1.82) is 0 Å². The molecule has 6 heteroatoms. The smallest absolute Gasteiger partial charge is 0.422 e. The Balaban J connectivity index is 1.75. The second-order valence-corrected chi connectivity index (χ2v) is 5.94. The van der Waals surface area contributed by atoms with Crippen LogP contribution in [0.2, 0.25) is 0 Å². The number of carboxylic acid groups (broad SMARTS) is 1. The van der Waals surface area contributed by atoms with Crippen LogP contribution in [0, 0.1) is 0 Å². The van der Waals surface area contributed by atoms with Gasteiger partial charge >= 0.3 is 11.7 Å². The maximum Gasteiger partial charge on any atom is 0.422 e. The summed E-state index contributed by atoms with van der Waals surface area (Å²) in [5.41, 5.74) is 0.0284. The molecule has 130 valence electrons. The summed E-state index contributed by atoms with van der Waals surface area (Å²) in [6.45, 7) is 0.366. The number of hydrogen-bond acceptors (Lipinski definition) is 4. The zero-order valence-electron chi connectivity index (χ0n) is 13.7. The van der Waals surface area contributed by atoms with Gasteiger partial charge in [0.1, 0.15) is 5.58 Å². The minimum Gasteiger partial charge on any atom is -0.481 e. The number of benzene rings is 1. The highest BCUT2D eigenvalue weighted by Crippen LogP contribution is 2.10. The number of aromatic nitrogens is 1. The van der Waals surface area contributed by atoms with Gasteiger partial charge in [-0.3, -0.25) is 9.59 Å². The lowest BCUT2D eigenvalue weighted by Crippen LogP contribution is -2.32. The molecule has 0 unspecified atom stereocenters. The predicted molar refractivity (Wildman–Crippen MR) is 91.3 cm³/mol. The van der Waals surface area contributed by atoms with E-state index in [1.807, 2.05) is 0 Å². The van der Waals surface area contributed by atoms with Crippen LogP contribution in [0.1, 0.15) is 51.4 Å². The second kappa shape index (κ2) is 9.05. The maximum atomic E-state index is 12.3. The van der Waals surface area contributed by atoms with Crippen LogP contribution < -0.4 is 11.3 Å². The van der Waals surface area contributed by atoms with Crippen LogP contribution in [0.15, 0.2) is 38.3 Å². The van der Waals surface area contributed by atoms with Gasteiger partial charge in [-0.15, -0.1) is 0 Å². The van der Waals surface area contributed by atoms with E-state index >= 15 is 0 Å². The fraction of sp³-hybridized carbons (Fsp3) is 0.500. The van der Waals surface area contributed by atoms with E-state index in [0.29, 0.717) is 17.5 Å². The summed E-state index contributed by atoms with van der Waals surface area (Å²) in [4.78, 5) is 34.6. The molecular weight excluding hydrogens is 310 g/mol.